The van der Waals surface area contributed by atoms with Crippen LogP contribution in [-0.2, 0) is 16.0 Å². The summed E-state index contributed by atoms with van der Waals surface area (Å²) in [6.45, 7) is 6.01. The van der Waals surface area contributed by atoms with E-state index in [-0.39, 0.29) is 23.7 Å². The Bertz CT molecular complexity index is 996. The highest BCUT2D eigenvalue weighted by atomic mass is 16.2. The van der Waals surface area contributed by atoms with Crippen molar-refractivity contribution >= 4 is 23.2 Å². The van der Waals surface area contributed by atoms with E-state index in [2.05, 4.69) is 42.2 Å². The van der Waals surface area contributed by atoms with Crippen molar-refractivity contribution in [1.82, 2.24) is 4.90 Å². The largest absolute Gasteiger partial charge is 0.368 e. The van der Waals surface area contributed by atoms with Crippen LogP contribution in [0, 0.1) is 18.8 Å². The highest BCUT2D eigenvalue weighted by molar-refractivity contribution is 5.99. The molecule has 5 heteroatoms. The maximum Gasteiger partial charge on any atom is 0.230 e. The van der Waals surface area contributed by atoms with Crippen LogP contribution in [0.5, 0.6) is 0 Å². The molecule has 2 atom stereocenters. The van der Waals surface area contributed by atoms with Crippen LogP contribution in [0.3, 0.4) is 0 Å². The summed E-state index contributed by atoms with van der Waals surface area (Å²) in [7, 11) is 0. The first-order valence-corrected chi connectivity index (χ1v) is 12.1. The molecular formula is C27H33N3O2. The van der Waals surface area contributed by atoms with E-state index < -0.39 is 0 Å². The molecule has 3 aliphatic rings. The number of benzene rings is 2. The van der Waals surface area contributed by atoms with Crippen molar-refractivity contribution in [3.8, 4) is 0 Å². The molecule has 0 spiro atoms. The lowest BCUT2D eigenvalue weighted by Gasteiger charge is -2.40. The Labute approximate surface area is 191 Å². The van der Waals surface area contributed by atoms with E-state index in [1.54, 1.807) is 0 Å². The summed E-state index contributed by atoms with van der Waals surface area (Å²) in [5.74, 6) is -0.00226. The molecule has 168 valence electrons. The third-order valence-electron chi connectivity index (χ3n) is 7.51. The lowest BCUT2D eigenvalue weighted by Crippen LogP contribution is -2.53. The Morgan fingerprint density at radius 3 is 2.28 bits per heavy atom. The summed E-state index contributed by atoms with van der Waals surface area (Å²) in [6, 6.07) is 16.8. The number of hydrogen-bond acceptors (Lipinski definition) is 3. The number of piperazine rings is 1. The molecule has 2 fully saturated rings. The molecule has 2 aromatic rings. The summed E-state index contributed by atoms with van der Waals surface area (Å²) in [4.78, 5) is 33.5. The molecule has 0 aromatic heterocycles. The van der Waals surface area contributed by atoms with E-state index >= 15 is 0 Å². The van der Waals surface area contributed by atoms with Gasteiger partial charge in [0.25, 0.3) is 0 Å². The van der Waals surface area contributed by atoms with Crippen LogP contribution in [-0.4, -0.2) is 49.4 Å². The third-order valence-corrected chi connectivity index (χ3v) is 7.51. The number of anilines is 2. The number of para-hydroxylation sites is 1. The van der Waals surface area contributed by atoms with Gasteiger partial charge in [-0.2, -0.15) is 0 Å². The van der Waals surface area contributed by atoms with Crippen LogP contribution in [0.15, 0.2) is 48.5 Å². The SMILES string of the molecule is Cc1cccc(N2CCN(C(=O)[C@@H]3CCCC[C@@H]3C(=O)N3CCc4ccccc43)CC2)c1. The number of nitrogens with zero attached hydrogens (tertiary/aromatic N) is 3. The Balaban J connectivity index is 1.26. The Hall–Kier alpha value is -2.82. The number of carbonyl (C=O) groups excluding carboxylic acids is 2. The number of carbonyl (C=O) groups is 2. The van der Waals surface area contributed by atoms with Gasteiger partial charge in [-0.3, -0.25) is 9.59 Å². The lowest BCUT2D eigenvalue weighted by molar-refractivity contribution is -0.143. The highest BCUT2D eigenvalue weighted by Gasteiger charge is 2.41. The van der Waals surface area contributed by atoms with Crippen molar-refractivity contribution in [2.75, 3.05) is 42.5 Å². The van der Waals surface area contributed by atoms with E-state index in [0.717, 1.165) is 70.5 Å². The highest BCUT2D eigenvalue weighted by Crippen LogP contribution is 2.37. The molecule has 2 aromatic carbocycles. The van der Waals surface area contributed by atoms with E-state index in [4.69, 9.17) is 0 Å². The fourth-order valence-corrected chi connectivity index (χ4v) is 5.73. The average Bonchev–Trinajstić information content (AvgIpc) is 3.27. The zero-order chi connectivity index (χ0) is 22.1. The van der Waals surface area contributed by atoms with Crippen molar-refractivity contribution < 1.29 is 9.59 Å². The number of fused-ring (bicyclic) bond motifs is 1. The minimum absolute atomic E-state index is 0.159. The lowest BCUT2D eigenvalue weighted by atomic mass is 9.77. The molecule has 2 heterocycles. The van der Waals surface area contributed by atoms with Crippen LogP contribution in [0.1, 0.15) is 36.8 Å². The molecule has 5 rings (SSSR count). The topological polar surface area (TPSA) is 43.9 Å². The fourth-order valence-electron chi connectivity index (χ4n) is 5.73. The summed E-state index contributed by atoms with van der Waals surface area (Å²) < 4.78 is 0. The van der Waals surface area contributed by atoms with Crippen LogP contribution in [0.2, 0.25) is 0 Å². The van der Waals surface area contributed by atoms with Crippen molar-refractivity contribution in [2.24, 2.45) is 11.8 Å². The van der Waals surface area contributed by atoms with E-state index in [1.807, 2.05) is 28.0 Å². The predicted molar refractivity (Wildman–Crippen MR) is 128 cm³/mol. The van der Waals surface area contributed by atoms with Gasteiger partial charge in [0.05, 0.1) is 5.92 Å². The number of amides is 2. The molecule has 2 amide bonds. The Morgan fingerprint density at radius 2 is 1.53 bits per heavy atom. The third kappa shape index (κ3) is 4.01. The van der Waals surface area contributed by atoms with Gasteiger partial charge in [0.1, 0.15) is 0 Å². The second kappa shape index (κ2) is 8.97. The van der Waals surface area contributed by atoms with Crippen molar-refractivity contribution in [1.29, 1.82) is 0 Å². The van der Waals surface area contributed by atoms with Crippen molar-refractivity contribution in [3.05, 3.63) is 59.7 Å². The molecule has 2 aliphatic heterocycles. The first kappa shape index (κ1) is 21.0. The van der Waals surface area contributed by atoms with Gasteiger partial charge in [-0.1, -0.05) is 43.2 Å². The van der Waals surface area contributed by atoms with Crippen LogP contribution < -0.4 is 9.80 Å². The average molecular weight is 432 g/mol. The van der Waals surface area contributed by atoms with Gasteiger partial charge in [0.2, 0.25) is 11.8 Å². The van der Waals surface area contributed by atoms with Crippen molar-refractivity contribution in [3.63, 3.8) is 0 Å². The molecule has 1 aliphatic carbocycles. The Kier molecular flexibility index (Phi) is 5.90. The summed E-state index contributed by atoms with van der Waals surface area (Å²) in [5, 5.41) is 0. The molecule has 0 bridgehead atoms. The van der Waals surface area contributed by atoms with Crippen molar-refractivity contribution in [2.45, 2.75) is 39.0 Å². The molecule has 0 unspecified atom stereocenters. The van der Waals surface area contributed by atoms with Gasteiger partial charge in [0.15, 0.2) is 0 Å². The second-order valence-corrected chi connectivity index (χ2v) is 9.52. The summed E-state index contributed by atoms with van der Waals surface area (Å²) in [6.07, 6.45) is 4.66. The number of rotatable bonds is 3. The summed E-state index contributed by atoms with van der Waals surface area (Å²) in [5.41, 5.74) is 4.77. The van der Waals surface area contributed by atoms with E-state index in [9.17, 15) is 9.59 Å². The first-order chi connectivity index (χ1) is 15.6. The predicted octanol–water partition coefficient (Wildman–Crippen LogP) is 4.04. The van der Waals surface area contributed by atoms with Gasteiger partial charge in [-0.15, -0.1) is 0 Å². The van der Waals surface area contributed by atoms with Gasteiger partial charge in [-0.25, -0.2) is 0 Å². The molecule has 32 heavy (non-hydrogen) atoms. The normalized spacial score (nSPS) is 23.2. The van der Waals surface area contributed by atoms with Crippen LogP contribution in [0.25, 0.3) is 0 Å². The maximum absolute atomic E-state index is 13.6. The van der Waals surface area contributed by atoms with Gasteiger partial charge >= 0.3 is 0 Å². The van der Waals surface area contributed by atoms with Crippen LogP contribution >= 0.6 is 0 Å². The van der Waals surface area contributed by atoms with Gasteiger partial charge < -0.3 is 14.7 Å². The van der Waals surface area contributed by atoms with E-state index in [0.29, 0.717) is 0 Å². The van der Waals surface area contributed by atoms with Gasteiger partial charge in [0, 0.05) is 50.0 Å². The molecule has 1 saturated heterocycles. The standard InChI is InChI=1S/C27H33N3O2/c1-20-7-6-9-22(19-20)28-15-17-29(18-16-28)26(31)23-10-3-4-11-24(23)27(32)30-14-13-21-8-2-5-12-25(21)30/h2,5-9,12,19,23-24H,3-4,10-11,13-18H2,1H3/t23-,24+/m1/s1. The molecule has 5 nitrogen and oxygen atoms in total. The minimum Gasteiger partial charge on any atom is -0.368 e. The summed E-state index contributed by atoms with van der Waals surface area (Å²) >= 11 is 0. The zero-order valence-corrected chi connectivity index (χ0v) is 19.0. The number of hydrogen-bond donors (Lipinski definition) is 0. The smallest absolute Gasteiger partial charge is 0.230 e. The Morgan fingerprint density at radius 1 is 0.812 bits per heavy atom. The number of aryl methyl sites for hydroxylation is 1. The fraction of sp³-hybridized carbons (Fsp3) is 0.481. The molecular weight excluding hydrogens is 398 g/mol. The minimum atomic E-state index is -0.183. The first-order valence-electron chi connectivity index (χ1n) is 12.1. The molecule has 0 N–H and O–H groups in total. The molecule has 0 radical (unpaired) electrons. The monoisotopic (exact) mass is 431 g/mol. The van der Waals surface area contributed by atoms with E-state index in [1.165, 1.54) is 16.8 Å². The van der Waals surface area contributed by atoms with Gasteiger partial charge in [-0.05, 0) is 55.5 Å². The second-order valence-electron chi connectivity index (χ2n) is 9.52. The zero-order valence-electron chi connectivity index (χ0n) is 19.0. The maximum atomic E-state index is 13.6. The molecule has 1 saturated carbocycles. The quantitative estimate of drug-likeness (QED) is 0.737. The van der Waals surface area contributed by atoms with Crippen LogP contribution in [0.4, 0.5) is 11.4 Å².